The first kappa shape index (κ1) is 15.3. The van der Waals surface area contributed by atoms with Crippen LogP contribution in [0.2, 0.25) is 0 Å². The van der Waals surface area contributed by atoms with Gasteiger partial charge in [0.25, 0.3) is 0 Å². The predicted octanol–water partition coefficient (Wildman–Crippen LogP) is 2.83. The molecule has 0 N–H and O–H groups in total. The van der Waals surface area contributed by atoms with Gasteiger partial charge in [-0.15, -0.1) is 0 Å². The minimum absolute atomic E-state index is 0.0980. The summed E-state index contributed by atoms with van der Waals surface area (Å²) in [6.45, 7) is 2.10. The predicted molar refractivity (Wildman–Crippen MR) is 76.3 cm³/mol. The number of benzene rings is 1. The number of methoxy groups -OCH3 is 1. The summed E-state index contributed by atoms with van der Waals surface area (Å²) in [5.74, 6) is -0.306. The normalized spacial score (nSPS) is 11.9. The van der Waals surface area contributed by atoms with Crippen LogP contribution < -0.4 is 4.46 Å². The van der Waals surface area contributed by atoms with Crippen LogP contribution in [0.25, 0.3) is 0 Å². The zero-order chi connectivity index (χ0) is 13.4. The second-order valence-corrected chi connectivity index (χ2v) is 6.47. The number of hydrogen-bond donors (Lipinski definition) is 0. The monoisotopic (exact) mass is 332 g/mol. The van der Waals surface area contributed by atoms with Crippen LogP contribution in [0.15, 0.2) is 39.8 Å². The van der Waals surface area contributed by atoms with Crippen molar-refractivity contribution in [1.29, 1.82) is 0 Å². The van der Waals surface area contributed by atoms with E-state index in [0.717, 1.165) is 23.7 Å². The van der Waals surface area contributed by atoms with Gasteiger partial charge < -0.3 is 0 Å². The van der Waals surface area contributed by atoms with Crippen molar-refractivity contribution in [3.63, 3.8) is 0 Å². The van der Waals surface area contributed by atoms with Crippen LogP contribution in [-0.4, -0.2) is 28.0 Å². The van der Waals surface area contributed by atoms with Crippen molar-refractivity contribution in [1.82, 2.24) is 0 Å². The average molecular weight is 332 g/mol. The van der Waals surface area contributed by atoms with E-state index in [4.69, 9.17) is 16.3 Å². The number of esters is 1. The summed E-state index contributed by atoms with van der Waals surface area (Å²) in [6, 6.07) is 9.90. The molecule has 1 aromatic carbocycles. The summed E-state index contributed by atoms with van der Waals surface area (Å²) >= 11 is 6.15. The molecule has 1 rings (SSSR count). The van der Waals surface area contributed by atoms with Crippen LogP contribution in [0.4, 0.5) is 0 Å². The molecule has 18 heavy (non-hydrogen) atoms. The van der Waals surface area contributed by atoms with Crippen molar-refractivity contribution >= 4 is 37.0 Å². The molecule has 1 aromatic rings. The molecule has 0 bridgehead atoms. The summed E-state index contributed by atoms with van der Waals surface area (Å²) in [5, 5.41) is 0.646. The van der Waals surface area contributed by atoms with Crippen LogP contribution in [0.5, 0.6) is 0 Å². The topological polar surface area (TPSA) is 26.3 Å². The Kier molecular flexibility index (Phi) is 7.11. The molecule has 2 nitrogen and oxygen atoms in total. The van der Waals surface area contributed by atoms with Crippen LogP contribution >= 0.6 is 11.6 Å². The van der Waals surface area contributed by atoms with E-state index in [9.17, 15) is 4.79 Å². The van der Waals surface area contributed by atoms with Gasteiger partial charge in [-0.1, -0.05) is 0 Å². The van der Waals surface area contributed by atoms with E-state index in [1.165, 1.54) is 7.11 Å². The van der Waals surface area contributed by atoms with Crippen LogP contribution in [0.1, 0.15) is 26.2 Å². The molecule has 0 aliphatic rings. The van der Waals surface area contributed by atoms with Gasteiger partial charge in [0.2, 0.25) is 0 Å². The third-order valence-corrected chi connectivity index (χ3v) is 5.32. The fourth-order valence-corrected chi connectivity index (χ4v) is 3.67. The fourth-order valence-electron chi connectivity index (χ4n) is 1.35. The van der Waals surface area contributed by atoms with E-state index in [0.29, 0.717) is 9.50 Å². The SMILES string of the molecule is CCCC/C(Cl)=C(\[Se]c1ccccc1)C(=O)OC. The molecule has 98 valence electrons. The Morgan fingerprint density at radius 2 is 2.00 bits per heavy atom. The number of halogens is 1. The molecular formula is C14H17ClO2Se. The Morgan fingerprint density at radius 3 is 2.56 bits per heavy atom. The quantitative estimate of drug-likeness (QED) is 0.455. The molecule has 4 heteroatoms. The molecule has 0 heterocycles. The van der Waals surface area contributed by atoms with Gasteiger partial charge in [-0.2, -0.15) is 0 Å². The number of rotatable bonds is 6. The molecule has 0 amide bonds. The molecule has 0 aliphatic carbocycles. The molecule has 0 aliphatic heterocycles. The maximum absolute atomic E-state index is 11.8. The average Bonchev–Trinajstić information content (AvgIpc) is 2.42. The van der Waals surface area contributed by atoms with Crippen LogP contribution in [-0.2, 0) is 9.53 Å². The Bertz CT molecular complexity index is 415. The summed E-state index contributed by atoms with van der Waals surface area (Å²) in [4.78, 5) is 11.8. The van der Waals surface area contributed by atoms with Gasteiger partial charge in [-0.3, -0.25) is 0 Å². The number of carbonyl (C=O) groups excluding carboxylic acids is 1. The number of ether oxygens (including phenoxy) is 1. The molecule has 0 atom stereocenters. The first-order valence-corrected chi connectivity index (χ1v) is 7.98. The van der Waals surface area contributed by atoms with Gasteiger partial charge in [0.15, 0.2) is 0 Å². The minimum atomic E-state index is -0.306. The fraction of sp³-hybridized carbons (Fsp3) is 0.357. The Morgan fingerprint density at radius 1 is 1.33 bits per heavy atom. The van der Waals surface area contributed by atoms with Crippen LogP contribution in [0.3, 0.4) is 0 Å². The van der Waals surface area contributed by atoms with Gasteiger partial charge in [0.1, 0.15) is 0 Å². The zero-order valence-electron chi connectivity index (χ0n) is 10.6. The van der Waals surface area contributed by atoms with E-state index < -0.39 is 0 Å². The van der Waals surface area contributed by atoms with Gasteiger partial charge in [-0.05, 0) is 0 Å². The summed E-state index contributed by atoms with van der Waals surface area (Å²) in [6.07, 6.45) is 2.80. The van der Waals surface area contributed by atoms with Gasteiger partial charge in [0, 0.05) is 0 Å². The third kappa shape index (κ3) is 4.85. The van der Waals surface area contributed by atoms with Crippen LogP contribution in [0, 0.1) is 0 Å². The number of carbonyl (C=O) groups is 1. The van der Waals surface area contributed by atoms with Crippen molar-refractivity contribution in [3.8, 4) is 0 Å². The Labute approximate surface area is 120 Å². The first-order chi connectivity index (χ1) is 8.69. The zero-order valence-corrected chi connectivity index (χ0v) is 13.1. The van der Waals surface area contributed by atoms with Crippen molar-refractivity contribution in [2.45, 2.75) is 26.2 Å². The van der Waals surface area contributed by atoms with Crippen molar-refractivity contribution in [2.24, 2.45) is 0 Å². The summed E-state index contributed by atoms with van der Waals surface area (Å²) < 4.78 is 6.58. The van der Waals surface area contributed by atoms with E-state index in [1.54, 1.807) is 0 Å². The summed E-state index contributed by atoms with van der Waals surface area (Å²) in [5.41, 5.74) is 0. The molecule has 0 aromatic heterocycles. The van der Waals surface area contributed by atoms with Crippen molar-refractivity contribution in [3.05, 3.63) is 39.8 Å². The number of allylic oxidation sites excluding steroid dienone is 1. The van der Waals surface area contributed by atoms with E-state index in [2.05, 4.69) is 6.92 Å². The number of unbranched alkanes of at least 4 members (excludes halogenated alkanes) is 1. The molecule has 0 radical (unpaired) electrons. The van der Waals surface area contributed by atoms with E-state index in [1.807, 2.05) is 30.3 Å². The number of hydrogen-bond acceptors (Lipinski definition) is 2. The van der Waals surface area contributed by atoms with Gasteiger partial charge in [-0.25, -0.2) is 0 Å². The molecule has 0 saturated carbocycles. The molecule has 0 fully saturated rings. The second kappa shape index (κ2) is 8.36. The van der Waals surface area contributed by atoms with E-state index >= 15 is 0 Å². The third-order valence-electron chi connectivity index (χ3n) is 2.33. The van der Waals surface area contributed by atoms with E-state index in [-0.39, 0.29) is 20.9 Å². The van der Waals surface area contributed by atoms with Crippen molar-refractivity contribution in [2.75, 3.05) is 7.11 Å². The molecule has 0 saturated heterocycles. The maximum atomic E-state index is 11.8. The van der Waals surface area contributed by atoms with Gasteiger partial charge >= 0.3 is 120 Å². The van der Waals surface area contributed by atoms with Gasteiger partial charge in [0.05, 0.1) is 0 Å². The standard InChI is InChI=1S/C14H17ClO2Se/c1-3-4-10-12(15)13(14(16)17-2)18-11-8-6-5-7-9-11/h5-9H,3-4,10H2,1-2H3/b13-12+. The molecule has 0 spiro atoms. The molecular weight excluding hydrogens is 315 g/mol. The second-order valence-electron chi connectivity index (χ2n) is 3.74. The first-order valence-electron chi connectivity index (χ1n) is 5.89. The molecule has 0 unspecified atom stereocenters. The van der Waals surface area contributed by atoms with Crippen molar-refractivity contribution < 1.29 is 9.53 Å². The summed E-state index contributed by atoms with van der Waals surface area (Å²) in [7, 11) is 1.40. The Balaban J connectivity index is 2.88. The Hall–Kier alpha value is -0.761.